The summed E-state index contributed by atoms with van der Waals surface area (Å²) in [6.45, 7) is 0.784. The van der Waals surface area contributed by atoms with Gasteiger partial charge in [-0.3, -0.25) is 0 Å². The first-order valence-electron chi connectivity index (χ1n) is 8.53. The first-order valence-corrected chi connectivity index (χ1v) is 8.53. The number of aliphatic hydroxyl groups is 1. The summed E-state index contributed by atoms with van der Waals surface area (Å²) < 4.78 is 0. The minimum Gasteiger partial charge on any atom is -0.395 e. The van der Waals surface area contributed by atoms with E-state index < -0.39 is 0 Å². The monoisotopic (exact) mass is 324 g/mol. The van der Waals surface area contributed by atoms with Gasteiger partial charge in [0.2, 0.25) is 0 Å². The number of urea groups is 1. The fourth-order valence-corrected chi connectivity index (χ4v) is 2.96. The number of carbonyl (C=O) groups is 1. The molecule has 126 valence electrons. The molecule has 1 aliphatic carbocycles. The molecule has 0 bridgehead atoms. The molecule has 1 atom stereocenters. The van der Waals surface area contributed by atoms with Gasteiger partial charge in [0.1, 0.15) is 0 Å². The number of carbonyl (C=O) groups excluding carboxylic acids is 1. The van der Waals surface area contributed by atoms with Gasteiger partial charge in [0.15, 0.2) is 0 Å². The Balaban J connectivity index is 1.69. The van der Waals surface area contributed by atoms with E-state index in [1.54, 1.807) is 4.90 Å². The number of aliphatic hydroxyl groups excluding tert-OH is 1. The van der Waals surface area contributed by atoms with Crippen molar-refractivity contribution in [3.8, 4) is 0 Å². The lowest BCUT2D eigenvalue weighted by Crippen LogP contribution is -2.43. The fraction of sp³-hybridized carbons (Fsp3) is 0.350. The molecule has 0 aliphatic heterocycles. The van der Waals surface area contributed by atoms with Crippen LogP contribution in [0.1, 0.15) is 30.0 Å². The molecule has 0 saturated heterocycles. The molecule has 1 aliphatic rings. The van der Waals surface area contributed by atoms with E-state index in [4.69, 9.17) is 0 Å². The van der Waals surface area contributed by atoms with Crippen molar-refractivity contribution in [1.29, 1.82) is 0 Å². The third-order valence-electron chi connectivity index (χ3n) is 4.40. The van der Waals surface area contributed by atoms with E-state index in [2.05, 4.69) is 17.4 Å². The lowest BCUT2D eigenvalue weighted by molar-refractivity contribution is 0.169. The Morgan fingerprint density at radius 1 is 1.08 bits per heavy atom. The summed E-state index contributed by atoms with van der Waals surface area (Å²) in [4.78, 5) is 14.4. The minimum absolute atomic E-state index is 0.0420. The molecule has 3 rings (SSSR count). The molecule has 2 N–H and O–H groups in total. The van der Waals surface area contributed by atoms with Crippen molar-refractivity contribution in [2.24, 2.45) is 5.92 Å². The van der Waals surface area contributed by atoms with Crippen molar-refractivity contribution in [2.75, 3.05) is 13.2 Å². The average Bonchev–Trinajstić information content (AvgIpc) is 3.46. The van der Waals surface area contributed by atoms with Crippen LogP contribution in [0.4, 0.5) is 4.79 Å². The summed E-state index contributed by atoms with van der Waals surface area (Å²) in [7, 11) is 0. The normalized spacial score (nSPS) is 14.9. The largest absolute Gasteiger partial charge is 0.395 e. The molecule has 0 aromatic heterocycles. The smallest absolute Gasteiger partial charge is 0.318 e. The zero-order chi connectivity index (χ0) is 16.8. The van der Waals surface area contributed by atoms with Crippen molar-refractivity contribution in [2.45, 2.75) is 25.4 Å². The van der Waals surface area contributed by atoms with E-state index in [0.717, 1.165) is 24.0 Å². The Kier molecular flexibility index (Phi) is 5.49. The summed E-state index contributed by atoms with van der Waals surface area (Å²) in [6, 6.07) is 19.9. The summed E-state index contributed by atoms with van der Waals surface area (Å²) in [5.41, 5.74) is 2.21. The molecule has 0 spiro atoms. The number of nitrogens with one attached hydrogen (secondary N) is 1. The molecule has 2 aromatic carbocycles. The van der Waals surface area contributed by atoms with Crippen LogP contribution < -0.4 is 5.32 Å². The van der Waals surface area contributed by atoms with Crippen molar-refractivity contribution >= 4 is 6.03 Å². The molecule has 4 nitrogen and oxygen atoms in total. The van der Waals surface area contributed by atoms with Gasteiger partial charge in [-0.05, 0) is 29.9 Å². The Hall–Kier alpha value is -2.33. The second kappa shape index (κ2) is 7.97. The standard InChI is InChI=1S/C20H24N2O2/c23-14-13-22(15-16-7-3-1-4-8-16)20(24)21-19(18-11-12-18)17-9-5-2-6-10-17/h1-10,18-19,23H,11-15H2,(H,21,24). The van der Waals surface area contributed by atoms with Gasteiger partial charge in [-0.1, -0.05) is 60.7 Å². The zero-order valence-electron chi connectivity index (χ0n) is 13.8. The Bertz CT molecular complexity index is 641. The number of amides is 2. The first-order chi connectivity index (χ1) is 11.8. The van der Waals surface area contributed by atoms with Gasteiger partial charge < -0.3 is 15.3 Å². The topological polar surface area (TPSA) is 52.6 Å². The molecule has 0 radical (unpaired) electrons. The highest BCUT2D eigenvalue weighted by Crippen LogP contribution is 2.41. The lowest BCUT2D eigenvalue weighted by atomic mass is 10.0. The zero-order valence-corrected chi connectivity index (χ0v) is 13.8. The predicted molar refractivity (Wildman–Crippen MR) is 94.4 cm³/mol. The molecule has 24 heavy (non-hydrogen) atoms. The second-order valence-electron chi connectivity index (χ2n) is 6.31. The average molecular weight is 324 g/mol. The Labute approximate surface area is 143 Å². The number of hydrogen-bond donors (Lipinski definition) is 2. The Morgan fingerprint density at radius 3 is 2.29 bits per heavy atom. The van der Waals surface area contributed by atoms with E-state index in [1.165, 1.54) is 0 Å². The number of hydrogen-bond acceptors (Lipinski definition) is 2. The van der Waals surface area contributed by atoms with Crippen LogP contribution in [0.2, 0.25) is 0 Å². The van der Waals surface area contributed by atoms with Crippen molar-refractivity contribution < 1.29 is 9.90 Å². The van der Waals surface area contributed by atoms with Gasteiger partial charge >= 0.3 is 6.03 Å². The van der Waals surface area contributed by atoms with Crippen LogP contribution >= 0.6 is 0 Å². The molecular formula is C20H24N2O2. The summed E-state index contributed by atoms with van der Waals surface area (Å²) in [5, 5.41) is 12.5. The van der Waals surface area contributed by atoms with Crippen molar-refractivity contribution in [3.05, 3.63) is 71.8 Å². The number of benzene rings is 2. The number of nitrogens with zero attached hydrogens (tertiary/aromatic N) is 1. The second-order valence-corrected chi connectivity index (χ2v) is 6.31. The van der Waals surface area contributed by atoms with E-state index in [1.807, 2.05) is 48.5 Å². The third-order valence-corrected chi connectivity index (χ3v) is 4.40. The molecule has 2 aromatic rings. The van der Waals surface area contributed by atoms with Crippen LogP contribution in [-0.4, -0.2) is 29.2 Å². The highest BCUT2D eigenvalue weighted by molar-refractivity contribution is 5.75. The molecule has 4 heteroatoms. The van der Waals surface area contributed by atoms with Gasteiger partial charge in [0.05, 0.1) is 12.6 Å². The maximum atomic E-state index is 12.8. The highest BCUT2D eigenvalue weighted by Gasteiger charge is 2.34. The molecular weight excluding hydrogens is 300 g/mol. The van der Waals surface area contributed by atoms with Gasteiger partial charge in [0, 0.05) is 13.1 Å². The fourth-order valence-electron chi connectivity index (χ4n) is 2.96. The lowest BCUT2D eigenvalue weighted by Gasteiger charge is -2.26. The predicted octanol–water partition coefficient (Wildman–Crippen LogP) is 3.34. The molecule has 1 fully saturated rings. The minimum atomic E-state index is -0.117. The van der Waals surface area contributed by atoms with Gasteiger partial charge in [0.25, 0.3) is 0 Å². The van der Waals surface area contributed by atoms with E-state index in [0.29, 0.717) is 19.0 Å². The maximum Gasteiger partial charge on any atom is 0.318 e. The SMILES string of the molecule is O=C(NC(c1ccccc1)C1CC1)N(CCO)Cc1ccccc1. The summed E-state index contributed by atoms with van der Waals surface area (Å²) in [5.74, 6) is 0.518. The maximum absolute atomic E-state index is 12.8. The van der Waals surface area contributed by atoms with Gasteiger partial charge in [-0.2, -0.15) is 0 Å². The highest BCUT2D eigenvalue weighted by atomic mass is 16.3. The van der Waals surface area contributed by atoms with Crippen molar-refractivity contribution in [1.82, 2.24) is 10.2 Å². The number of rotatable bonds is 7. The van der Waals surface area contributed by atoms with E-state index in [9.17, 15) is 9.90 Å². The van der Waals surface area contributed by atoms with Crippen LogP contribution in [0.3, 0.4) is 0 Å². The van der Waals surface area contributed by atoms with E-state index >= 15 is 0 Å². The molecule has 1 unspecified atom stereocenters. The van der Waals surface area contributed by atoms with Crippen LogP contribution in [0, 0.1) is 5.92 Å². The van der Waals surface area contributed by atoms with Crippen LogP contribution in [0.25, 0.3) is 0 Å². The quantitative estimate of drug-likeness (QED) is 0.821. The first kappa shape index (κ1) is 16.5. The van der Waals surface area contributed by atoms with Gasteiger partial charge in [-0.15, -0.1) is 0 Å². The summed E-state index contributed by atoms with van der Waals surface area (Å²) in [6.07, 6.45) is 2.30. The Morgan fingerprint density at radius 2 is 1.71 bits per heavy atom. The summed E-state index contributed by atoms with van der Waals surface area (Å²) >= 11 is 0. The third kappa shape index (κ3) is 4.36. The molecule has 2 amide bonds. The van der Waals surface area contributed by atoms with Gasteiger partial charge in [-0.25, -0.2) is 4.79 Å². The van der Waals surface area contributed by atoms with Crippen LogP contribution in [-0.2, 0) is 6.54 Å². The van der Waals surface area contributed by atoms with E-state index in [-0.39, 0.29) is 18.7 Å². The van der Waals surface area contributed by atoms with Crippen LogP contribution in [0.15, 0.2) is 60.7 Å². The van der Waals surface area contributed by atoms with Crippen LogP contribution in [0.5, 0.6) is 0 Å². The molecule has 1 saturated carbocycles. The van der Waals surface area contributed by atoms with Crippen molar-refractivity contribution in [3.63, 3.8) is 0 Å². The molecule has 0 heterocycles.